The van der Waals surface area contributed by atoms with Crippen molar-refractivity contribution in [1.82, 2.24) is 9.88 Å². The van der Waals surface area contributed by atoms with E-state index in [-0.39, 0.29) is 0 Å². The van der Waals surface area contributed by atoms with Crippen molar-refractivity contribution in [2.45, 2.75) is 6.54 Å². The third-order valence-corrected chi connectivity index (χ3v) is 3.23. The number of pyridine rings is 1. The Bertz CT molecular complexity index is 551. The molecule has 0 aliphatic heterocycles. The summed E-state index contributed by atoms with van der Waals surface area (Å²) >= 11 is 0. The minimum atomic E-state index is 0.472. The van der Waals surface area contributed by atoms with Crippen molar-refractivity contribution in [1.29, 1.82) is 0 Å². The average Bonchev–Trinajstić information content (AvgIpc) is 2.43. The number of aromatic nitrogens is 1. The molecule has 2 N–H and O–H groups in total. The monoisotopic (exact) mass is 258 g/mol. The van der Waals surface area contributed by atoms with Crippen LogP contribution in [0.2, 0.25) is 0 Å². The summed E-state index contributed by atoms with van der Waals surface area (Å²) in [5.74, 6) is 1.01. The van der Waals surface area contributed by atoms with Crippen LogP contribution in [-0.2, 0) is 6.54 Å². The van der Waals surface area contributed by atoms with E-state index in [2.05, 4.69) is 60.2 Å². The van der Waals surface area contributed by atoms with Crippen LogP contribution < -0.4 is 10.6 Å². The minimum absolute atomic E-state index is 0.472. The summed E-state index contributed by atoms with van der Waals surface area (Å²) in [7, 11) is 6.24. The van der Waals surface area contributed by atoms with E-state index in [1.165, 1.54) is 10.8 Å². The largest absolute Gasteiger partial charge is 0.358 e. The van der Waals surface area contributed by atoms with Crippen molar-refractivity contribution < 1.29 is 0 Å². The molecule has 4 heteroatoms. The van der Waals surface area contributed by atoms with E-state index in [0.29, 0.717) is 6.54 Å². The topological polar surface area (TPSA) is 45.4 Å². The van der Waals surface area contributed by atoms with Crippen molar-refractivity contribution in [2.75, 3.05) is 39.1 Å². The van der Waals surface area contributed by atoms with E-state index in [4.69, 9.17) is 5.73 Å². The highest BCUT2D eigenvalue weighted by Crippen LogP contribution is 2.24. The second-order valence-electron chi connectivity index (χ2n) is 5.09. The molecular formula is C15H22N4. The number of nitrogens with two attached hydrogens (primary N) is 1. The van der Waals surface area contributed by atoms with Gasteiger partial charge >= 0.3 is 0 Å². The van der Waals surface area contributed by atoms with Crippen LogP contribution >= 0.6 is 0 Å². The SMILES string of the molecule is CN(C)CCN(C)c1nc(CN)cc2ccccc12. The van der Waals surface area contributed by atoms with Gasteiger partial charge in [-0.25, -0.2) is 4.98 Å². The van der Waals surface area contributed by atoms with Crippen LogP contribution in [0.25, 0.3) is 10.8 Å². The van der Waals surface area contributed by atoms with Crippen LogP contribution in [0.5, 0.6) is 0 Å². The lowest BCUT2D eigenvalue weighted by Crippen LogP contribution is -2.29. The van der Waals surface area contributed by atoms with Gasteiger partial charge in [-0.15, -0.1) is 0 Å². The summed E-state index contributed by atoms with van der Waals surface area (Å²) in [5.41, 5.74) is 6.68. The highest BCUT2D eigenvalue weighted by atomic mass is 15.2. The Morgan fingerprint density at radius 2 is 1.84 bits per heavy atom. The van der Waals surface area contributed by atoms with Crippen LogP contribution in [0.3, 0.4) is 0 Å². The molecule has 1 heterocycles. The highest BCUT2D eigenvalue weighted by Gasteiger charge is 2.09. The van der Waals surface area contributed by atoms with Crippen molar-refractivity contribution in [3.8, 4) is 0 Å². The van der Waals surface area contributed by atoms with Crippen LogP contribution in [0.4, 0.5) is 5.82 Å². The third kappa shape index (κ3) is 3.22. The second kappa shape index (κ2) is 5.99. The van der Waals surface area contributed by atoms with Crippen LogP contribution in [-0.4, -0.2) is 44.1 Å². The van der Waals surface area contributed by atoms with E-state index in [0.717, 1.165) is 24.6 Å². The van der Waals surface area contributed by atoms with Crippen LogP contribution in [0, 0.1) is 0 Å². The maximum atomic E-state index is 5.74. The van der Waals surface area contributed by atoms with Gasteiger partial charge in [-0.05, 0) is 25.5 Å². The third-order valence-electron chi connectivity index (χ3n) is 3.23. The smallest absolute Gasteiger partial charge is 0.136 e. The van der Waals surface area contributed by atoms with E-state index in [9.17, 15) is 0 Å². The second-order valence-corrected chi connectivity index (χ2v) is 5.09. The fraction of sp³-hybridized carbons (Fsp3) is 0.400. The van der Waals surface area contributed by atoms with Gasteiger partial charge in [0.1, 0.15) is 5.82 Å². The summed E-state index contributed by atoms with van der Waals surface area (Å²) in [5, 5.41) is 2.38. The van der Waals surface area contributed by atoms with Crippen molar-refractivity contribution >= 4 is 16.6 Å². The van der Waals surface area contributed by atoms with Crippen molar-refractivity contribution in [2.24, 2.45) is 5.73 Å². The number of hydrogen-bond donors (Lipinski definition) is 1. The molecule has 1 aromatic carbocycles. The van der Waals surface area contributed by atoms with Crippen LogP contribution in [0.1, 0.15) is 5.69 Å². The van der Waals surface area contributed by atoms with Crippen molar-refractivity contribution in [3.05, 3.63) is 36.0 Å². The Kier molecular flexibility index (Phi) is 4.35. The lowest BCUT2D eigenvalue weighted by molar-refractivity contribution is 0.416. The molecule has 0 amide bonds. The number of likely N-dealkylation sites (N-methyl/N-ethyl adjacent to an activating group) is 2. The summed E-state index contributed by atoms with van der Waals surface area (Å²) in [6.45, 7) is 2.41. The van der Waals surface area contributed by atoms with Crippen molar-refractivity contribution in [3.63, 3.8) is 0 Å². The predicted octanol–water partition coefficient (Wildman–Crippen LogP) is 1.69. The lowest BCUT2D eigenvalue weighted by atomic mass is 10.1. The van der Waals surface area contributed by atoms with Gasteiger partial charge in [0.2, 0.25) is 0 Å². The van der Waals surface area contributed by atoms with E-state index >= 15 is 0 Å². The molecule has 2 rings (SSSR count). The van der Waals surface area contributed by atoms with Gasteiger partial charge in [0.05, 0.1) is 5.69 Å². The van der Waals surface area contributed by atoms with Gasteiger partial charge in [0.15, 0.2) is 0 Å². The fourth-order valence-corrected chi connectivity index (χ4v) is 2.09. The molecule has 0 aliphatic carbocycles. The van der Waals surface area contributed by atoms with Gasteiger partial charge in [0.25, 0.3) is 0 Å². The first-order valence-corrected chi connectivity index (χ1v) is 6.56. The first-order chi connectivity index (χ1) is 9.11. The Hall–Kier alpha value is -1.65. The van der Waals surface area contributed by atoms with E-state index in [1.807, 2.05) is 6.07 Å². The Morgan fingerprint density at radius 3 is 2.53 bits per heavy atom. The molecule has 0 fully saturated rings. The van der Waals surface area contributed by atoms with Gasteiger partial charge in [-0.2, -0.15) is 0 Å². The molecule has 0 unspecified atom stereocenters. The number of rotatable bonds is 5. The normalized spacial score (nSPS) is 11.2. The quantitative estimate of drug-likeness (QED) is 0.886. The average molecular weight is 258 g/mol. The Balaban J connectivity index is 2.39. The predicted molar refractivity (Wildman–Crippen MR) is 81.5 cm³/mol. The molecule has 0 bridgehead atoms. The minimum Gasteiger partial charge on any atom is -0.358 e. The highest BCUT2D eigenvalue weighted by molar-refractivity contribution is 5.92. The molecule has 19 heavy (non-hydrogen) atoms. The zero-order chi connectivity index (χ0) is 13.8. The zero-order valence-electron chi connectivity index (χ0n) is 11.9. The van der Waals surface area contributed by atoms with Crippen LogP contribution in [0.15, 0.2) is 30.3 Å². The molecule has 102 valence electrons. The number of anilines is 1. The molecule has 0 saturated carbocycles. The van der Waals surface area contributed by atoms with Gasteiger partial charge in [0, 0.05) is 32.1 Å². The fourth-order valence-electron chi connectivity index (χ4n) is 2.09. The first-order valence-electron chi connectivity index (χ1n) is 6.56. The summed E-state index contributed by atoms with van der Waals surface area (Å²) in [6, 6.07) is 10.4. The Labute approximate surface area is 114 Å². The molecule has 0 radical (unpaired) electrons. The first kappa shape index (κ1) is 13.8. The molecule has 0 aliphatic rings. The number of fused-ring (bicyclic) bond motifs is 1. The summed E-state index contributed by atoms with van der Waals surface area (Å²) in [4.78, 5) is 9.05. The number of benzene rings is 1. The van der Waals surface area contributed by atoms with Gasteiger partial charge in [-0.3, -0.25) is 0 Å². The molecule has 2 aromatic rings. The van der Waals surface area contributed by atoms with Gasteiger partial charge in [-0.1, -0.05) is 24.3 Å². The molecule has 0 atom stereocenters. The maximum Gasteiger partial charge on any atom is 0.136 e. The molecule has 4 nitrogen and oxygen atoms in total. The molecule has 0 saturated heterocycles. The molecule has 0 spiro atoms. The maximum absolute atomic E-state index is 5.74. The summed E-state index contributed by atoms with van der Waals surface area (Å²) < 4.78 is 0. The molecule has 1 aromatic heterocycles. The number of hydrogen-bond acceptors (Lipinski definition) is 4. The summed E-state index contributed by atoms with van der Waals surface area (Å²) in [6.07, 6.45) is 0. The van der Waals surface area contributed by atoms with E-state index in [1.54, 1.807) is 0 Å². The molecular weight excluding hydrogens is 236 g/mol. The van der Waals surface area contributed by atoms with E-state index < -0.39 is 0 Å². The zero-order valence-corrected chi connectivity index (χ0v) is 11.9. The standard InChI is InChI=1S/C15H22N4/c1-18(2)8-9-19(3)15-14-7-5-4-6-12(14)10-13(11-16)17-15/h4-7,10H,8-9,11,16H2,1-3H3. The Morgan fingerprint density at radius 1 is 1.11 bits per heavy atom. The lowest BCUT2D eigenvalue weighted by Gasteiger charge is -2.22. The van der Waals surface area contributed by atoms with Gasteiger partial charge < -0.3 is 15.5 Å². The number of nitrogens with zero attached hydrogens (tertiary/aromatic N) is 3.